The number of allylic oxidation sites excluding steroid dienone is 3. The Morgan fingerprint density at radius 3 is 2.62 bits per heavy atom. The number of unbranched alkanes of at least 4 members (excludes halogenated alkanes) is 2. The standard InChI is InChI=1S/C12H21N/c1-4-7-8-10-12(9-5-2)11-13-6-3/h5,9H,4,6-8,10H2,1-3H3. The van der Waals surface area contributed by atoms with Crippen LogP contribution in [0.15, 0.2) is 22.7 Å². The van der Waals surface area contributed by atoms with Crippen molar-refractivity contribution in [1.29, 1.82) is 0 Å². The van der Waals surface area contributed by atoms with Crippen molar-refractivity contribution in [3.05, 3.63) is 17.7 Å². The van der Waals surface area contributed by atoms with Crippen LogP contribution in [0.25, 0.3) is 0 Å². The van der Waals surface area contributed by atoms with Crippen molar-refractivity contribution in [2.24, 2.45) is 4.99 Å². The molecule has 0 aliphatic rings. The molecule has 0 atom stereocenters. The zero-order valence-electron chi connectivity index (χ0n) is 9.14. The van der Waals surface area contributed by atoms with Crippen molar-refractivity contribution >= 4 is 5.87 Å². The first-order valence-corrected chi connectivity index (χ1v) is 5.26. The largest absolute Gasteiger partial charge is 0.243 e. The normalized spacial score (nSPS) is 10.1. The van der Waals surface area contributed by atoms with E-state index in [0.29, 0.717) is 0 Å². The fraction of sp³-hybridized carbons (Fsp3) is 0.667. The molecule has 0 radical (unpaired) electrons. The van der Waals surface area contributed by atoms with Gasteiger partial charge in [0.1, 0.15) is 0 Å². The van der Waals surface area contributed by atoms with Crippen molar-refractivity contribution in [2.75, 3.05) is 6.54 Å². The number of hydrogen-bond donors (Lipinski definition) is 0. The molecule has 0 fully saturated rings. The summed E-state index contributed by atoms with van der Waals surface area (Å²) in [4.78, 5) is 4.13. The summed E-state index contributed by atoms with van der Waals surface area (Å²) in [7, 11) is 0. The van der Waals surface area contributed by atoms with Gasteiger partial charge in [-0.2, -0.15) is 0 Å². The molecular formula is C12H21N. The Hall–Kier alpha value is -0.810. The fourth-order valence-corrected chi connectivity index (χ4v) is 1.12. The maximum absolute atomic E-state index is 4.13. The van der Waals surface area contributed by atoms with Crippen LogP contribution < -0.4 is 0 Å². The van der Waals surface area contributed by atoms with E-state index < -0.39 is 0 Å². The molecule has 74 valence electrons. The molecule has 1 nitrogen and oxygen atoms in total. The van der Waals surface area contributed by atoms with Crippen LogP contribution in [0.1, 0.15) is 46.5 Å². The Morgan fingerprint density at radius 2 is 2.08 bits per heavy atom. The summed E-state index contributed by atoms with van der Waals surface area (Å²) in [5.41, 5.74) is 1.23. The first-order valence-electron chi connectivity index (χ1n) is 5.26. The monoisotopic (exact) mass is 179 g/mol. The summed E-state index contributed by atoms with van der Waals surface area (Å²) >= 11 is 0. The van der Waals surface area contributed by atoms with Gasteiger partial charge in [0.25, 0.3) is 0 Å². The zero-order valence-corrected chi connectivity index (χ0v) is 9.14. The van der Waals surface area contributed by atoms with Gasteiger partial charge in [-0.25, -0.2) is 4.99 Å². The molecular weight excluding hydrogens is 158 g/mol. The Balaban J connectivity index is 4.02. The predicted molar refractivity (Wildman–Crippen MR) is 60.4 cm³/mol. The van der Waals surface area contributed by atoms with Crippen LogP contribution >= 0.6 is 0 Å². The third-order valence-corrected chi connectivity index (χ3v) is 1.80. The molecule has 0 rings (SSSR count). The molecule has 0 saturated carbocycles. The Labute approximate surface area is 82.3 Å². The van der Waals surface area contributed by atoms with Gasteiger partial charge >= 0.3 is 0 Å². The molecule has 0 bridgehead atoms. The average molecular weight is 179 g/mol. The lowest BCUT2D eigenvalue weighted by Gasteiger charge is -1.96. The molecule has 0 spiro atoms. The molecule has 0 aliphatic heterocycles. The van der Waals surface area contributed by atoms with Gasteiger partial charge in [-0.3, -0.25) is 0 Å². The lowest BCUT2D eigenvalue weighted by molar-refractivity contribution is 0.721. The van der Waals surface area contributed by atoms with Crippen LogP contribution in [-0.4, -0.2) is 12.4 Å². The molecule has 0 heterocycles. The van der Waals surface area contributed by atoms with Gasteiger partial charge in [0.15, 0.2) is 0 Å². The Morgan fingerprint density at radius 1 is 1.31 bits per heavy atom. The Bertz CT molecular complexity index is 195. The molecule has 13 heavy (non-hydrogen) atoms. The summed E-state index contributed by atoms with van der Waals surface area (Å²) < 4.78 is 0. The Kier molecular flexibility index (Phi) is 8.70. The van der Waals surface area contributed by atoms with Gasteiger partial charge in [-0.05, 0) is 32.6 Å². The van der Waals surface area contributed by atoms with E-state index in [1.807, 2.05) is 13.8 Å². The molecule has 0 saturated heterocycles. The van der Waals surface area contributed by atoms with Crippen LogP contribution in [0, 0.1) is 0 Å². The summed E-state index contributed by atoms with van der Waals surface area (Å²) in [6.45, 7) is 7.12. The van der Waals surface area contributed by atoms with Gasteiger partial charge in [0, 0.05) is 12.1 Å². The molecule has 0 aromatic heterocycles. The first kappa shape index (κ1) is 12.2. The predicted octanol–water partition coefficient (Wildman–Crippen LogP) is 3.76. The summed E-state index contributed by atoms with van der Waals surface area (Å²) in [5, 5.41) is 0. The molecule has 0 unspecified atom stereocenters. The van der Waals surface area contributed by atoms with E-state index in [1.54, 1.807) is 0 Å². The molecule has 1 heteroatoms. The van der Waals surface area contributed by atoms with Gasteiger partial charge in [0.05, 0.1) is 0 Å². The maximum atomic E-state index is 4.13. The van der Waals surface area contributed by atoms with Crippen molar-refractivity contribution < 1.29 is 0 Å². The van der Waals surface area contributed by atoms with E-state index >= 15 is 0 Å². The summed E-state index contributed by atoms with van der Waals surface area (Å²) in [5.74, 6) is 3.08. The second-order valence-corrected chi connectivity index (χ2v) is 3.07. The molecule has 0 amide bonds. The lowest BCUT2D eigenvalue weighted by Crippen LogP contribution is -1.82. The average Bonchev–Trinajstić information content (AvgIpc) is 2.14. The quantitative estimate of drug-likeness (QED) is 0.334. The maximum Gasteiger partial charge on any atom is 0.0455 e. The van der Waals surface area contributed by atoms with E-state index in [1.165, 1.54) is 24.8 Å². The topological polar surface area (TPSA) is 12.4 Å². The number of aliphatic imine (C=N–C) groups is 1. The molecule has 0 aromatic rings. The van der Waals surface area contributed by atoms with Crippen LogP contribution in [0.5, 0.6) is 0 Å². The first-order chi connectivity index (χ1) is 6.35. The van der Waals surface area contributed by atoms with Gasteiger partial charge in [-0.15, -0.1) is 0 Å². The minimum atomic E-state index is 0.828. The minimum Gasteiger partial charge on any atom is -0.243 e. The van der Waals surface area contributed by atoms with E-state index in [4.69, 9.17) is 0 Å². The SMILES string of the molecule is CC=CC(=C=NCC)CCCCC. The minimum absolute atomic E-state index is 0.828. The molecule has 0 N–H and O–H groups in total. The summed E-state index contributed by atoms with van der Waals surface area (Å²) in [6, 6.07) is 0. The van der Waals surface area contributed by atoms with Crippen LogP contribution in [0.2, 0.25) is 0 Å². The highest BCUT2D eigenvalue weighted by molar-refractivity contribution is 5.61. The van der Waals surface area contributed by atoms with Crippen LogP contribution in [0.3, 0.4) is 0 Å². The van der Waals surface area contributed by atoms with Gasteiger partial charge in [-0.1, -0.05) is 31.9 Å². The van der Waals surface area contributed by atoms with Gasteiger partial charge < -0.3 is 0 Å². The summed E-state index contributed by atoms with van der Waals surface area (Å²) in [6.07, 6.45) is 9.10. The van der Waals surface area contributed by atoms with Crippen molar-refractivity contribution in [1.82, 2.24) is 0 Å². The van der Waals surface area contributed by atoms with E-state index in [-0.39, 0.29) is 0 Å². The fourth-order valence-electron chi connectivity index (χ4n) is 1.12. The second kappa shape index (κ2) is 9.28. The van der Waals surface area contributed by atoms with E-state index in [2.05, 4.69) is 29.9 Å². The highest BCUT2D eigenvalue weighted by atomic mass is 14.7. The third-order valence-electron chi connectivity index (χ3n) is 1.80. The zero-order chi connectivity index (χ0) is 9.94. The van der Waals surface area contributed by atoms with Crippen molar-refractivity contribution in [3.63, 3.8) is 0 Å². The molecule has 0 aromatic carbocycles. The van der Waals surface area contributed by atoms with E-state index in [9.17, 15) is 0 Å². The smallest absolute Gasteiger partial charge is 0.0455 e. The number of hydrogen-bond acceptors (Lipinski definition) is 1. The van der Waals surface area contributed by atoms with Crippen molar-refractivity contribution in [3.8, 4) is 0 Å². The number of nitrogens with zero attached hydrogens (tertiary/aromatic N) is 1. The van der Waals surface area contributed by atoms with Crippen molar-refractivity contribution in [2.45, 2.75) is 46.5 Å². The highest BCUT2D eigenvalue weighted by Gasteiger charge is 1.91. The van der Waals surface area contributed by atoms with Gasteiger partial charge in [0.2, 0.25) is 0 Å². The highest BCUT2D eigenvalue weighted by Crippen LogP contribution is 2.07. The number of rotatable bonds is 6. The second-order valence-electron chi connectivity index (χ2n) is 3.07. The van der Waals surface area contributed by atoms with Crippen LogP contribution in [-0.2, 0) is 0 Å². The van der Waals surface area contributed by atoms with E-state index in [0.717, 1.165) is 13.0 Å². The third kappa shape index (κ3) is 7.55. The molecule has 0 aliphatic carbocycles. The lowest BCUT2D eigenvalue weighted by atomic mass is 10.1. The van der Waals surface area contributed by atoms with Crippen LogP contribution in [0.4, 0.5) is 0 Å².